The van der Waals surface area contributed by atoms with Gasteiger partial charge in [-0.25, -0.2) is 0 Å². The lowest BCUT2D eigenvalue weighted by Crippen LogP contribution is -2.67. The molecule has 5 rings (SSSR count). The molecule has 57 heavy (non-hydrogen) atoms. The zero-order chi connectivity index (χ0) is 40.2. The molecule has 0 amide bonds. The van der Waals surface area contributed by atoms with Crippen molar-refractivity contribution in [2.75, 3.05) is 46.7 Å². The molecule has 1 N–H and O–H groups in total. The number of benzene rings is 4. The zero-order valence-electron chi connectivity index (χ0n) is 34.1. The molecule has 0 aliphatic heterocycles. The topological polar surface area (TPSA) is 24.3 Å². The van der Waals surface area contributed by atoms with E-state index >= 15 is 0 Å². The predicted molar refractivity (Wildman–Crippen MR) is 259 cm³/mol. The second kappa shape index (κ2) is 28.0. The number of nitrogens with zero attached hydrogens (tertiary/aromatic N) is 3. The Balaban J connectivity index is 0.00000232. The van der Waals surface area contributed by atoms with E-state index in [-0.39, 0.29) is 0 Å². The molecule has 0 radical (unpaired) electrons. The van der Waals surface area contributed by atoms with Crippen molar-refractivity contribution in [2.45, 2.75) is 53.2 Å². The molecule has 0 atom stereocenters. The smallest absolute Gasteiger partial charge is 0.205 e. The fourth-order valence-electron chi connectivity index (χ4n) is 6.09. The van der Waals surface area contributed by atoms with Gasteiger partial charge in [-0.05, 0) is 84.7 Å². The molecule has 7 heteroatoms. The number of hydrogen-bond acceptors (Lipinski definition) is 5. The Kier molecular flexibility index (Phi) is 22.3. The van der Waals surface area contributed by atoms with Crippen LogP contribution in [0, 0.1) is 0 Å². The average molecular weight is 815 g/mol. The van der Waals surface area contributed by atoms with Crippen molar-refractivity contribution in [3.63, 3.8) is 0 Å². The summed E-state index contributed by atoms with van der Waals surface area (Å²) < 4.78 is 2.26. The van der Waals surface area contributed by atoms with Gasteiger partial charge in [0.25, 0.3) is 0 Å². The molecule has 0 fully saturated rings. The van der Waals surface area contributed by atoms with Crippen LogP contribution in [0.4, 0.5) is 11.4 Å². The van der Waals surface area contributed by atoms with Gasteiger partial charge in [0, 0.05) is 73.7 Å². The van der Waals surface area contributed by atoms with Crippen molar-refractivity contribution in [3.05, 3.63) is 180 Å². The lowest BCUT2D eigenvalue weighted by atomic mass is 10.1. The van der Waals surface area contributed by atoms with E-state index in [1.54, 1.807) is 0 Å². The van der Waals surface area contributed by atoms with Crippen LogP contribution in [0.25, 0.3) is 18.2 Å². The van der Waals surface area contributed by atoms with Crippen molar-refractivity contribution < 1.29 is 9.56 Å². The second-order valence-electron chi connectivity index (χ2n) is 13.3. The Morgan fingerprint density at radius 2 is 1.12 bits per heavy atom. The Hall–Kier alpha value is -4.43. The van der Waals surface area contributed by atoms with Crippen molar-refractivity contribution in [1.29, 1.82) is 0 Å². The number of anilines is 2. The molecule has 1 aromatic heterocycles. The maximum absolute atomic E-state index is 3.79. The van der Waals surface area contributed by atoms with E-state index in [0.29, 0.717) is 0 Å². The minimum Gasteiger partial charge on any atom is -0.366 e. The summed E-state index contributed by atoms with van der Waals surface area (Å²) in [6.07, 6.45) is 19.5. The molecular weight excluding hydrogens is 753 g/mol. The van der Waals surface area contributed by atoms with Crippen molar-refractivity contribution >= 4 is 70.0 Å². The molecule has 0 aliphatic rings. The molecule has 0 spiro atoms. The molecule has 0 saturated heterocycles. The summed E-state index contributed by atoms with van der Waals surface area (Å²) in [4.78, 5) is 8.27. The number of aryl methyl sites for hydroxylation is 1. The maximum atomic E-state index is 3.79. The van der Waals surface area contributed by atoms with E-state index < -0.39 is 0 Å². The van der Waals surface area contributed by atoms with Gasteiger partial charge in [0.05, 0.1) is 0 Å². The molecule has 298 valence electrons. The number of hydrogen-bond donors (Lipinski definition) is 2. The molecule has 4 nitrogen and oxygen atoms in total. The maximum Gasteiger partial charge on any atom is 0.205 e. The van der Waals surface area contributed by atoms with Crippen molar-refractivity contribution in [3.8, 4) is 0 Å². The molecule has 0 unspecified atom stereocenters. The van der Waals surface area contributed by atoms with Gasteiger partial charge in [0.2, 0.25) is 5.69 Å². The van der Waals surface area contributed by atoms with Crippen LogP contribution < -0.4 is 19.4 Å². The largest absolute Gasteiger partial charge is 0.366 e. The van der Waals surface area contributed by atoms with E-state index in [4.69, 9.17) is 0 Å². The third-order valence-electron chi connectivity index (χ3n) is 9.05. The summed E-state index contributed by atoms with van der Waals surface area (Å²) in [5.74, 6) is 3.04. The van der Waals surface area contributed by atoms with E-state index in [9.17, 15) is 0 Å². The lowest BCUT2D eigenvalue weighted by Gasteiger charge is -2.26. The third kappa shape index (κ3) is 17.7. The Morgan fingerprint density at radius 3 is 1.65 bits per heavy atom. The fraction of sp³-hybridized carbons (Fsp3) is 0.280. The van der Waals surface area contributed by atoms with Crippen molar-refractivity contribution in [1.82, 2.24) is 0 Å². The van der Waals surface area contributed by atoms with Crippen LogP contribution in [0.5, 0.6) is 0 Å². The number of allylic oxidation sites excluding steroid dienone is 3. The first kappa shape index (κ1) is 45.3. The van der Waals surface area contributed by atoms with Crippen LogP contribution >= 0.6 is 34.2 Å². The molecule has 4 aromatic carbocycles. The first-order chi connectivity index (χ1) is 28.1. The second-order valence-corrected chi connectivity index (χ2v) is 16.7. The average Bonchev–Trinajstić information content (AvgIpc) is 3.25. The molecule has 0 saturated carbocycles. The highest BCUT2D eigenvalue weighted by molar-refractivity contribution is 8.76. The van der Waals surface area contributed by atoms with Gasteiger partial charge in [-0.15, -0.1) is 0 Å². The minimum absolute atomic E-state index is 0.892. The quantitative estimate of drug-likeness (QED) is 0.0182. The summed E-state index contributed by atoms with van der Waals surface area (Å²) in [5.41, 5.74) is 8.81. The Bertz CT molecular complexity index is 1910. The van der Waals surface area contributed by atoms with Crippen LogP contribution in [0.2, 0.25) is 0 Å². The van der Waals surface area contributed by atoms with E-state index in [1.165, 1.54) is 39.3 Å². The highest BCUT2D eigenvalue weighted by Gasteiger charge is 2.11. The number of aromatic nitrogens is 1. The Labute approximate surface area is 357 Å². The van der Waals surface area contributed by atoms with Gasteiger partial charge in [-0.3, -0.25) is 4.99 Å². The fourth-order valence-corrected chi connectivity index (χ4v) is 8.07. The van der Waals surface area contributed by atoms with Crippen molar-refractivity contribution in [2.24, 2.45) is 0 Å². The Morgan fingerprint density at radius 1 is 0.596 bits per heavy atom. The van der Waals surface area contributed by atoms with Gasteiger partial charge in [-0.2, -0.15) is 17.2 Å². The third-order valence-corrected chi connectivity index (χ3v) is 11.4. The summed E-state index contributed by atoms with van der Waals surface area (Å²) in [5, 5.41) is 0. The minimum atomic E-state index is 0.892. The molecule has 0 bridgehead atoms. The predicted octanol–water partition coefficient (Wildman–Crippen LogP) is 10.7. The first-order valence-electron chi connectivity index (χ1n) is 20.3. The van der Waals surface area contributed by atoms with Gasteiger partial charge in [0.1, 0.15) is 19.3 Å². The first-order valence-corrected chi connectivity index (χ1v) is 23.4. The zero-order valence-corrected chi connectivity index (χ0v) is 36.7. The SMILES string of the molecule is CCS.CC[NH+]=CCC/C=C/C=C/c1ccc(N(CCSSCCN(Cc2ccccc2)c2ccc(/C=C/c3cccc[n+]3CC)cc2)Cc2ccccc2)cc1. The number of nitrogens with one attached hydrogen (secondary N) is 1. The molecular formula is C50H62N4S3+2. The van der Waals surface area contributed by atoms with Gasteiger partial charge < -0.3 is 9.80 Å². The molecule has 0 aliphatic carbocycles. The summed E-state index contributed by atoms with van der Waals surface area (Å²) in [7, 11) is 3.95. The summed E-state index contributed by atoms with van der Waals surface area (Å²) >= 11 is 3.79. The van der Waals surface area contributed by atoms with Gasteiger partial charge >= 0.3 is 0 Å². The number of thiol groups is 1. The normalized spacial score (nSPS) is 11.4. The lowest BCUT2D eigenvalue weighted by molar-refractivity contribution is -0.695. The highest BCUT2D eigenvalue weighted by Crippen LogP contribution is 2.26. The molecule has 1 heterocycles. The van der Waals surface area contributed by atoms with E-state index in [2.05, 4.69) is 222 Å². The van der Waals surface area contributed by atoms with Gasteiger partial charge in [0.15, 0.2) is 6.20 Å². The number of pyridine rings is 1. The summed E-state index contributed by atoms with van der Waals surface area (Å²) in [6, 6.07) is 46.0. The number of unbranched alkanes of at least 4 members (excludes halogenated alkanes) is 1. The van der Waals surface area contributed by atoms with Crippen LogP contribution in [0.15, 0.2) is 152 Å². The molecule has 5 aromatic rings. The van der Waals surface area contributed by atoms with Crippen LogP contribution in [0.3, 0.4) is 0 Å². The number of rotatable bonds is 22. The van der Waals surface area contributed by atoms with Crippen LogP contribution in [0.1, 0.15) is 61.6 Å². The highest BCUT2D eigenvalue weighted by atomic mass is 33.1. The summed E-state index contributed by atoms with van der Waals surface area (Å²) in [6.45, 7) is 12.0. The van der Waals surface area contributed by atoms with E-state index in [1.807, 2.05) is 28.5 Å². The van der Waals surface area contributed by atoms with E-state index in [0.717, 1.165) is 69.4 Å². The standard InChI is InChI=1S/C48H55N4S2.C2H6S/c1-3-49-34-16-7-5-6-10-18-42-24-30-47(31-25-42)51(40-44-19-11-8-12-20-44)36-38-53-54-39-37-52(41-45-21-13-9-14-22-45)48-32-27-43(28-33-48)26-29-46-23-15-17-35-50(46)4-2;1-2-3/h5-6,8-15,17-35H,3-4,7,16,36-41H2,1-2H3;3H,2H2,1H3/q+1;/p+1/b6-5+,18-10+,49-34?;. The van der Waals surface area contributed by atoms with Crippen LogP contribution in [-0.4, -0.2) is 43.1 Å². The van der Waals surface area contributed by atoms with Gasteiger partial charge in [-0.1, -0.05) is 138 Å². The van der Waals surface area contributed by atoms with Crippen LogP contribution in [-0.2, 0) is 19.6 Å². The monoisotopic (exact) mass is 814 g/mol.